The maximum Gasteiger partial charge on any atom is 0.417 e. The predicted octanol–water partition coefficient (Wildman–Crippen LogP) is 1.92. The Balaban J connectivity index is 2.99. The quantitative estimate of drug-likeness (QED) is 0.922. The Hall–Kier alpha value is -2.30. The van der Waals surface area contributed by atoms with Gasteiger partial charge >= 0.3 is 6.18 Å². The van der Waals surface area contributed by atoms with E-state index in [0.717, 1.165) is 6.07 Å². The summed E-state index contributed by atoms with van der Waals surface area (Å²) in [5.41, 5.74) is -2.92. The van der Waals surface area contributed by atoms with Crippen molar-refractivity contribution in [3.63, 3.8) is 0 Å². The predicted molar refractivity (Wildman–Crippen MR) is 72.7 cm³/mol. The summed E-state index contributed by atoms with van der Waals surface area (Å²) in [6, 6.07) is 3.35. The summed E-state index contributed by atoms with van der Waals surface area (Å²) in [4.78, 5) is 23.5. The third-order valence-corrected chi connectivity index (χ3v) is 3.41. The molecule has 0 spiro atoms. The van der Waals surface area contributed by atoms with Crippen LogP contribution in [0.5, 0.6) is 0 Å². The number of aromatic nitrogens is 1. The van der Waals surface area contributed by atoms with E-state index in [1.165, 1.54) is 6.92 Å². The van der Waals surface area contributed by atoms with Crippen molar-refractivity contribution in [2.45, 2.75) is 39.0 Å². The molecule has 0 aliphatic heterocycles. The van der Waals surface area contributed by atoms with Crippen LogP contribution in [0.25, 0.3) is 0 Å². The highest BCUT2D eigenvalue weighted by atomic mass is 19.4. The minimum Gasteiger partial charge on any atom is -0.336 e. The zero-order chi connectivity index (χ0) is 17.1. The van der Waals surface area contributed by atoms with E-state index in [-0.39, 0.29) is 5.92 Å². The van der Waals surface area contributed by atoms with E-state index in [1.54, 1.807) is 13.8 Å². The number of carbonyl (C=O) groups excluding carboxylic acids is 1. The molecule has 1 aromatic rings. The molecule has 0 radical (unpaired) electrons. The van der Waals surface area contributed by atoms with Crippen LogP contribution < -0.4 is 10.9 Å². The molecule has 0 aliphatic carbocycles. The van der Waals surface area contributed by atoms with Crippen LogP contribution in [0.1, 0.15) is 26.3 Å². The van der Waals surface area contributed by atoms with Gasteiger partial charge in [0.25, 0.3) is 5.56 Å². The highest BCUT2D eigenvalue weighted by Gasteiger charge is 2.32. The lowest BCUT2D eigenvalue weighted by Gasteiger charge is -2.27. The van der Waals surface area contributed by atoms with Crippen molar-refractivity contribution in [3.8, 4) is 6.07 Å². The zero-order valence-corrected chi connectivity index (χ0v) is 12.4. The Morgan fingerprint density at radius 3 is 2.45 bits per heavy atom. The van der Waals surface area contributed by atoms with Crippen LogP contribution in [0.15, 0.2) is 23.1 Å². The van der Waals surface area contributed by atoms with Crippen molar-refractivity contribution in [1.82, 2.24) is 9.88 Å². The number of alkyl halides is 3. The van der Waals surface area contributed by atoms with Gasteiger partial charge in [-0.1, -0.05) is 13.8 Å². The lowest BCUT2D eigenvalue weighted by atomic mass is 9.90. The summed E-state index contributed by atoms with van der Waals surface area (Å²) in [5, 5.41) is 11.5. The first-order chi connectivity index (χ1) is 9.99. The highest BCUT2D eigenvalue weighted by molar-refractivity contribution is 5.77. The Morgan fingerprint density at radius 1 is 1.41 bits per heavy atom. The molecule has 1 heterocycles. The number of amides is 1. The summed E-state index contributed by atoms with van der Waals surface area (Å²) in [5.74, 6) is -0.918. The maximum atomic E-state index is 12.6. The number of hydrogen-bond donors (Lipinski definition) is 1. The van der Waals surface area contributed by atoms with E-state index in [0.29, 0.717) is 16.8 Å². The number of rotatable bonds is 4. The molecular formula is C14H16F3N3O2. The van der Waals surface area contributed by atoms with Crippen molar-refractivity contribution in [1.29, 1.82) is 5.26 Å². The average molecular weight is 315 g/mol. The molecule has 0 saturated heterocycles. The molecule has 1 aromatic heterocycles. The van der Waals surface area contributed by atoms with Gasteiger partial charge in [0.2, 0.25) is 5.91 Å². The molecule has 0 bridgehead atoms. The molecule has 0 fully saturated rings. The van der Waals surface area contributed by atoms with Crippen molar-refractivity contribution in [2.24, 2.45) is 5.92 Å². The highest BCUT2D eigenvalue weighted by Crippen LogP contribution is 2.28. The molecule has 22 heavy (non-hydrogen) atoms. The SMILES string of the molecule is CC(C)C(C)(C#N)NC(=O)Cn1cc(C(F)(F)F)ccc1=O. The molecule has 1 N–H and O–H groups in total. The first kappa shape index (κ1) is 17.8. The van der Waals surface area contributed by atoms with Gasteiger partial charge in [0.15, 0.2) is 0 Å². The number of pyridine rings is 1. The van der Waals surface area contributed by atoms with Crippen LogP contribution in [0.2, 0.25) is 0 Å². The fraction of sp³-hybridized carbons (Fsp3) is 0.500. The number of carbonyl (C=O) groups is 1. The normalized spacial score (nSPS) is 14.3. The van der Waals surface area contributed by atoms with Gasteiger partial charge in [-0.25, -0.2) is 0 Å². The van der Waals surface area contributed by atoms with E-state index >= 15 is 0 Å². The van der Waals surface area contributed by atoms with Gasteiger partial charge < -0.3 is 9.88 Å². The first-order valence-corrected chi connectivity index (χ1v) is 6.49. The Bertz CT molecular complexity index is 659. The second-order valence-corrected chi connectivity index (χ2v) is 5.40. The maximum absolute atomic E-state index is 12.6. The molecule has 1 amide bonds. The van der Waals surface area contributed by atoms with Crippen LogP contribution in [0.3, 0.4) is 0 Å². The second kappa shape index (κ2) is 6.22. The number of halogens is 3. The largest absolute Gasteiger partial charge is 0.417 e. The van der Waals surface area contributed by atoms with Crippen LogP contribution in [0.4, 0.5) is 13.2 Å². The van der Waals surface area contributed by atoms with Crippen molar-refractivity contribution in [3.05, 3.63) is 34.2 Å². The second-order valence-electron chi connectivity index (χ2n) is 5.40. The van der Waals surface area contributed by atoms with Crippen molar-refractivity contribution in [2.75, 3.05) is 0 Å². The minimum absolute atomic E-state index is 0.209. The zero-order valence-electron chi connectivity index (χ0n) is 12.4. The van der Waals surface area contributed by atoms with Gasteiger partial charge in [-0.15, -0.1) is 0 Å². The van der Waals surface area contributed by atoms with Gasteiger partial charge in [0, 0.05) is 12.3 Å². The molecule has 5 nitrogen and oxygen atoms in total. The fourth-order valence-corrected chi connectivity index (χ4v) is 1.61. The Morgan fingerprint density at radius 2 is 2.00 bits per heavy atom. The average Bonchev–Trinajstić information content (AvgIpc) is 2.39. The third-order valence-electron chi connectivity index (χ3n) is 3.41. The summed E-state index contributed by atoms with van der Waals surface area (Å²) >= 11 is 0. The van der Waals surface area contributed by atoms with E-state index in [1.807, 2.05) is 6.07 Å². The van der Waals surface area contributed by atoms with E-state index < -0.39 is 35.3 Å². The fourth-order valence-electron chi connectivity index (χ4n) is 1.61. The topological polar surface area (TPSA) is 74.9 Å². The molecule has 120 valence electrons. The first-order valence-electron chi connectivity index (χ1n) is 6.49. The molecule has 1 unspecified atom stereocenters. The summed E-state index contributed by atoms with van der Waals surface area (Å²) in [6.45, 7) is 4.36. The Kier molecular flexibility index (Phi) is 5.02. The summed E-state index contributed by atoms with van der Waals surface area (Å²) in [6.07, 6.45) is -4.02. The molecule has 1 atom stereocenters. The van der Waals surface area contributed by atoms with Gasteiger partial charge in [-0.3, -0.25) is 9.59 Å². The molecular weight excluding hydrogens is 299 g/mol. The van der Waals surface area contributed by atoms with Gasteiger partial charge in [-0.2, -0.15) is 18.4 Å². The molecule has 0 aromatic carbocycles. The van der Waals surface area contributed by atoms with E-state index in [4.69, 9.17) is 5.26 Å². The number of nitrogens with one attached hydrogen (secondary N) is 1. The monoisotopic (exact) mass is 315 g/mol. The third kappa shape index (κ3) is 4.10. The number of nitrogens with zero attached hydrogens (tertiary/aromatic N) is 2. The smallest absolute Gasteiger partial charge is 0.336 e. The van der Waals surface area contributed by atoms with Gasteiger partial charge in [0.05, 0.1) is 11.6 Å². The lowest BCUT2D eigenvalue weighted by Crippen LogP contribution is -2.50. The number of nitriles is 1. The minimum atomic E-state index is -4.61. The van der Waals surface area contributed by atoms with Crippen LogP contribution in [0, 0.1) is 17.2 Å². The standard InChI is InChI=1S/C14H16F3N3O2/c1-9(2)13(3,8-18)19-11(21)7-20-6-10(14(15,16)17)4-5-12(20)22/h4-6,9H,7H2,1-3H3,(H,19,21). The Labute approximate surface area is 125 Å². The number of hydrogen-bond acceptors (Lipinski definition) is 3. The van der Waals surface area contributed by atoms with E-state index in [2.05, 4.69) is 5.32 Å². The molecule has 0 aliphatic rings. The lowest BCUT2D eigenvalue weighted by molar-refractivity contribution is -0.138. The van der Waals surface area contributed by atoms with Crippen LogP contribution in [-0.4, -0.2) is 16.0 Å². The summed E-state index contributed by atoms with van der Waals surface area (Å²) < 4.78 is 38.5. The van der Waals surface area contributed by atoms with E-state index in [9.17, 15) is 22.8 Å². The summed E-state index contributed by atoms with van der Waals surface area (Å²) in [7, 11) is 0. The van der Waals surface area contributed by atoms with Crippen molar-refractivity contribution >= 4 is 5.91 Å². The van der Waals surface area contributed by atoms with Gasteiger partial charge in [0.1, 0.15) is 12.1 Å². The van der Waals surface area contributed by atoms with Crippen LogP contribution >= 0.6 is 0 Å². The molecule has 1 rings (SSSR count). The molecule has 0 saturated carbocycles. The molecule has 8 heteroatoms. The van der Waals surface area contributed by atoms with Crippen LogP contribution in [-0.2, 0) is 17.5 Å². The van der Waals surface area contributed by atoms with Crippen molar-refractivity contribution < 1.29 is 18.0 Å². The van der Waals surface area contributed by atoms with Gasteiger partial charge in [-0.05, 0) is 18.9 Å².